The number of allylic oxidation sites excluding steroid dienone is 4. The van der Waals surface area contributed by atoms with Crippen molar-refractivity contribution in [3.05, 3.63) is 159 Å². The molecule has 4 heterocycles. The van der Waals surface area contributed by atoms with Crippen LogP contribution in [0, 0.1) is 29.8 Å². The van der Waals surface area contributed by atoms with E-state index >= 15 is 0 Å². The van der Waals surface area contributed by atoms with Crippen molar-refractivity contribution in [3.8, 4) is 29.3 Å². The zero-order valence-corrected chi connectivity index (χ0v) is 41.2. The van der Waals surface area contributed by atoms with E-state index in [0.29, 0.717) is 72.5 Å². The summed E-state index contributed by atoms with van der Waals surface area (Å²) in [6.45, 7) is 2.01. The van der Waals surface area contributed by atoms with Crippen LogP contribution in [-0.4, -0.2) is 64.1 Å². The number of rotatable bonds is 10. The van der Waals surface area contributed by atoms with Crippen LogP contribution in [0.4, 0.5) is 5.69 Å². The lowest BCUT2D eigenvalue weighted by Gasteiger charge is -2.32. The molecule has 5 aromatic carbocycles. The maximum absolute atomic E-state index is 14.2. The number of aliphatic hydroxyl groups is 4. The Morgan fingerprint density at radius 2 is 1.83 bits per heavy atom. The summed E-state index contributed by atoms with van der Waals surface area (Å²) in [5, 5.41) is 62.3. The Hall–Kier alpha value is -7.04. The quantitative estimate of drug-likeness (QED) is 0.0305. The second kappa shape index (κ2) is 22.2. The number of carbonyl (C=O) groups excluding carboxylic acids is 1. The summed E-state index contributed by atoms with van der Waals surface area (Å²) in [6, 6.07) is 27.1. The SMILES string of the molecule is CN=C(N)Nc1cccc(CC[C@H](CO)C[C@@H]2C=C3CC[C@H](c4ccccc4)[C@H]4C#CO[C@H](CC(=O)CCc5ccc(OC)c(c5)OCc5c(C(O)O)cc6c4c(O)cc4c6c5C=C[C@@H]4C)C[C@H]2C=C3O)c1. The summed E-state index contributed by atoms with van der Waals surface area (Å²) >= 11 is 0. The Morgan fingerprint density at radius 1 is 1.00 bits per heavy atom. The number of phenolic OH excluding ortho intramolecular Hbond substituents is 1. The summed E-state index contributed by atoms with van der Waals surface area (Å²) in [4.78, 5) is 18.2. The van der Waals surface area contributed by atoms with E-state index in [-0.39, 0.29) is 78.5 Å². The monoisotopic (exact) mass is 971 g/mol. The molecule has 8 N–H and O–H groups in total. The van der Waals surface area contributed by atoms with Crippen LogP contribution >= 0.6 is 0 Å². The first-order valence-electron chi connectivity index (χ1n) is 25.1. The number of carbonyl (C=O) groups is 1. The van der Waals surface area contributed by atoms with Crippen molar-refractivity contribution in [1.29, 1.82) is 0 Å². The van der Waals surface area contributed by atoms with E-state index in [2.05, 4.69) is 41.4 Å². The number of aliphatic hydroxyl groups excluding tert-OH is 3. The molecular formula is C60H65N3O9. The number of fused-ring (bicyclic) bond motifs is 8. The molecule has 12 nitrogen and oxygen atoms in total. The first-order valence-corrected chi connectivity index (χ1v) is 25.1. The first kappa shape index (κ1) is 49.9. The average Bonchev–Trinajstić information content (AvgIpc) is 3.39. The Kier molecular flexibility index (Phi) is 15.4. The number of phenols is 1. The molecule has 374 valence electrons. The van der Waals surface area contributed by atoms with Crippen LogP contribution in [0.5, 0.6) is 17.2 Å². The first-order chi connectivity index (χ1) is 34.9. The molecule has 0 saturated carbocycles. The van der Waals surface area contributed by atoms with Crippen LogP contribution in [0.15, 0.2) is 119 Å². The maximum atomic E-state index is 14.2. The number of ether oxygens (including phenoxy) is 3. The minimum absolute atomic E-state index is 0.0108. The van der Waals surface area contributed by atoms with Crippen molar-refractivity contribution in [1.82, 2.24) is 0 Å². The molecule has 12 heteroatoms. The van der Waals surface area contributed by atoms with Crippen molar-refractivity contribution in [2.24, 2.45) is 28.5 Å². The van der Waals surface area contributed by atoms with Gasteiger partial charge in [0.25, 0.3) is 0 Å². The van der Waals surface area contributed by atoms with Crippen molar-refractivity contribution in [2.45, 2.75) is 101 Å². The lowest BCUT2D eigenvalue weighted by atomic mass is 9.72. The molecule has 0 fully saturated rings. The number of anilines is 1. The van der Waals surface area contributed by atoms with E-state index in [1.165, 1.54) is 0 Å². The number of ketones is 1. The molecule has 0 spiro atoms. The van der Waals surface area contributed by atoms with E-state index in [1.807, 2.05) is 91.0 Å². The molecular weight excluding hydrogens is 907 g/mol. The molecule has 72 heavy (non-hydrogen) atoms. The third kappa shape index (κ3) is 10.9. The number of aliphatic imine (C=N–C) groups is 1. The number of aryl methyl sites for hydroxylation is 2. The highest BCUT2D eigenvalue weighted by Crippen LogP contribution is 2.50. The lowest BCUT2D eigenvalue weighted by molar-refractivity contribution is -0.121. The number of Topliss-reactive ketones (excluding diaryl/α,β-unsaturated/α-hetero) is 1. The van der Waals surface area contributed by atoms with Gasteiger partial charge in [0.2, 0.25) is 0 Å². The Labute approximate surface area is 421 Å². The van der Waals surface area contributed by atoms with Gasteiger partial charge in [0.1, 0.15) is 36.1 Å². The standard InChI is InChI=1S/C60H65N3O9/c1-35-12-19-47-52-34-72-56-26-37(16-21-55(56)70-3)15-18-44(65)30-45-28-42-29-53(66)40(27-41(42)24-38(33-64)14-13-36-8-7-11-43(25-36)63-60(61)62-2)17-20-46(39-9-5-4-6-10-39)48(22-23-71-45)58-51(31-50(52)59(68)69)57(47)49(35)32-54(58)67/h4-12,16,19,21,25-27,29,31-32,35,38,41-42,45-46,48,59,64,66-69H,13-15,17-18,20,24,28,30,33-34H2,1-3H3,(H3,61,62,63)/t35-,38-,41+,42-,45-,46+,48+/m0/s1. The molecule has 0 radical (unpaired) electrons. The highest BCUT2D eigenvalue weighted by Gasteiger charge is 2.35. The lowest BCUT2D eigenvalue weighted by Crippen LogP contribution is -2.27. The van der Waals surface area contributed by atoms with Crippen LogP contribution < -0.4 is 20.5 Å². The third-order valence-corrected chi connectivity index (χ3v) is 15.2. The molecule has 6 aliphatic rings. The van der Waals surface area contributed by atoms with Gasteiger partial charge in [-0.1, -0.05) is 79.6 Å². The van der Waals surface area contributed by atoms with Gasteiger partial charge in [0, 0.05) is 60.7 Å². The van der Waals surface area contributed by atoms with Crippen LogP contribution in [0.1, 0.15) is 120 Å². The predicted octanol–water partition coefficient (Wildman–Crippen LogP) is 10.2. The number of aromatic hydroxyl groups is 1. The molecule has 10 bridgehead atoms. The van der Waals surface area contributed by atoms with E-state index in [4.69, 9.17) is 19.9 Å². The fraction of sp³-hybridized carbons (Fsp3) is 0.367. The number of nitrogens with one attached hydrogen (secondary N) is 1. The minimum Gasteiger partial charge on any atom is -0.508 e. The van der Waals surface area contributed by atoms with E-state index in [9.17, 15) is 30.3 Å². The van der Waals surface area contributed by atoms with Crippen LogP contribution in [0.3, 0.4) is 0 Å². The number of hydrogen-bond acceptors (Lipinski definition) is 10. The number of nitrogens with two attached hydrogens (primary N) is 1. The summed E-state index contributed by atoms with van der Waals surface area (Å²) < 4.78 is 18.9. The molecule has 4 aliphatic heterocycles. The van der Waals surface area contributed by atoms with Gasteiger partial charge in [-0.05, 0) is 149 Å². The van der Waals surface area contributed by atoms with Gasteiger partial charge < -0.3 is 50.8 Å². The summed E-state index contributed by atoms with van der Waals surface area (Å²) in [6.07, 6.45) is 12.7. The van der Waals surface area contributed by atoms with Crippen molar-refractivity contribution >= 4 is 34.3 Å². The van der Waals surface area contributed by atoms with Gasteiger partial charge in [-0.2, -0.15) is 0 Å². The molecule has 0 amide bonds. The van der Waals surface area contributed by atoms with Gasteiger partial charge in [-0.25, -0.2) is 0 Å². The fourth-order valence-corrected chi connectivity index (χ4v) is 11.3. The normalized spacial score (nSPS) is 22.5. The van der Waals surface area contributed by atoms with Crippen molar-refractivity contribution < 1.29 is 44.5 Å². The molecule has 0 unspecified atom stereocenters. The summed E-state index contributed by atoms with van der Waals surface area (Å²) in [5.41, 5.74) is 13.4. The molecule has 2 aliphatic carbocycles. The van der Waals surface area contributed by atoms with Crippen LogP contribution in [-0.2, 0) is 29.0 Å². The largest absolute Gasteiger partial charge is 0.508 e. The van der Waals surface area contributed by atoms with Crippen molar-refractivity contribution in [3.63, 3.8) is 0 Å². The summed E-state index contributed by atoms with van der Waals surface area (Å²) in [5.74, 6) is 3.30. The predicted molar refractivity (Wildman–Crippen MR) is 281 cm³/mol. The Balaban J connectivity index is 1.17. The second-order valence-corrected chi connectivity index (χ2v) is 19.8. The highest BCUT2D eigenvalue weighted by molar-refractivity contribution is 6.01. The molecule has 11 rings (SSSR count). The van der Waals surface area contributed by atoms with Gasteiger partial charge in [-0.3, -0.25) is 9.79 Å². The maximum Gasteiger partial charge on any atom is 0.192 e. The smallest absolute Gasteiger partial charge is 0.192 e. The number of hydrogen-bond donors (Lipinski definition) is 7. The van der Waals surface area contributed by atoms with Gasteiger partial charge in [0.05, 0.1) is 13.0 Å². The minimum atomic E-state index is -1.89. The summed E-state index contributed by atoms with van der Waals surface area (Å²) in [7, 11) is 3.19. The number of guanidine groups is 1. The third-order valence-electron chi connectivity index (χ3n) is 15.2. The molecule has 0 saturated heterocycles. The topological polar surface area (TPSA) is 196 Å². The Bertz CT molecular complexity index is 3000. The van der Waals surface area contributed by atoms with E-state index in [0.717, 1.165) is 50.9 Å². The van der Waals surface area contributed by atoms with Gasteiger partial charge in [-0.15, -0.1) is 0 Å². The highest BCUT2D eigenvalue weighted by atomic mass is 16.5. The number of nitrogens with zero attached hydrogens (tertiary/aromatic N) is 1. The Morgan fingerprint density at radius 3 is 2.61 bits per heavy atom. The van der Waals surface area contributed by atoms with Crippen molar-refractivity contribution in [2.75, 3.05) is 26.1 Å². The molecule has 7 atom stereocenters. The fourth-order valence-electron chi connectivity index (χ4n) is 11.3. The van der Waals surface area contributed by atoms with E-state index < -0.39 is 18.3 Å². The molecule has 0 aromatic heterocycles. The van der Waals surface area contributed by atoms with Crippen LogP contribution in [0.2, 0.25) is 0 Å². The van der Waals surface area contributed by atoms with E-state index in [1.54, 1.807) is 20.2 Å². The molecule has 5 aromatic rings. The second-order valence-electron chi connectivity index (χ2n) is 19.8. The van der Waals surface area contributed by atoms with Crippen LogP contribution in [0.25, 0.3) is 16.8 Å². The van der Waals surface area contributed by atoms with Gasteiger partial charge in [0.15, 0.2) is 23.7 Å². The number of methoxy groups -OCH3 is 1. The zero-order chi connectivity index (χ0) is 50.5. The number of benzene rings is 5. The van der Waals surface area contributed by atoms with Gasteiger partial charge >= 0.3 is 0 Å². The zero-order valence-electron chi connectivity index (χ0n) is 41.2. The average molecular weight is 972 g/mol.